The molecule has 128 valence electrons. The number of carbonyl (C=O) groups is 1. The van der Waals surface area contributed by atoms with Crippen molar-refractivity contribution in [2.24, 2.45) is 0 Å². The van der Waals surface area contributed by atoms with Crippen molar-refractivity contribution in [2.75, 3.05) is 13.1 Å². The quantitative estimate of drug-likeness (QED) is 0.804. The lowest BCUT2D eigenvalue weighted by atomic mass is 9.88. The lowest BCUT2D eigenvalue weighted by molar-refractivity contribution is -0.137. The molecule has 0 N–H and O–H groups in total. The van der Waals surface area contributed by atoms with Crippen LogP contribution in [0, 0.1) is 6.92 Å². The van der Waals surface area contributed by atoms with Crippen molar-refractivity contribution in [1.29, 1.82) is 0 Å². The van der Waals surface area contributed by atoms with E-state index in [0.717, 1.165) is 18.2 Å². The Morgan fingerprint density at radius 1 is 1.21 bits per heavy atom. The molecule has 0 atom stereocenters. The van der Waals surface area contributed by atoms with Gasteiger partial charge in [-0.05, 0) is 49.4 Å². The minimum Gasteiger partial charge on any atom is -0.345 e. The minimum atomic E-state index is -4.40. The molecule has 0 unspecified atom stereocenters. The van der Waals surface area contributed by atoms with Crippen LogP contribution in [0.3, 0.4) is 0 Å². The number of alkyl halides is 3. The molecule has 0 radical (unpaired) electrons. The maximum atomic E-state index is 13.3. The maximum Gasteiger partial charge on any atom is 0.416 e. The summed E-state index contributed by atoms with van der Waals surface area (Å²) < 4.78 is 41.4. The Bertz CT molecular complexity index is 731. The van der Waals surface area contributed by atoms with Gasteiger partial charge >= 0.3 is 6.18 Å². The predicted molar refractivity (Wildman–Crippen MR) is 82.9 cm³/mol. The first-order valence-corrected chi connectivity index (χ1v) is 7.79. The summed E-state index contributed by atoms with van der Waals surface area (Å²) in [5, 5.41) is 0. The standard InChI is InChI=1S/C17H18F3N3O/c1-12-9-23(10-21-12)16-7-14(6-15(8-16)17(18,19)20)13-2-4-22(11-24)5-3-13/h6-11,13H,2-5H2,1H3. The third-order valence-electron chi connectivity index (χ3n) is 4.43. The number of rotatable bonds is 3. The molecule has 1 aromatic carbocycles. The normalized spacial score (nSPS) is 16.4. The number of likely N-dealkylation sites (tertiary alicyclic amines) is 1. The molecule has 24 heavy (non-hydrogen) atoms. The summed E-state index contributed by atoms with van der Waals surface area (Å²) >= 11 is 0. The van der Waals surface area contributed by atoms with Crippen molar-refractivity contribution in [1.82, 2.24) is 14.5 Å². The van der Waals surface area contributed by atoms with Gasteiger partial charge in [0.25, 0.3) is 0 Å². The molecule has 2 heterocycles. The number of carbonyl (C=O) groups excluding carboxylic acids is 1. The molecule has 0 saturated carbocycles. The van der Waals surface area contributed by atoms with Gasteiger partial charge in [0, 0.05) is 25.0 Å². The molecule has 7 heteroatoms. The van der Waals surface area contributed by atoms with Crippen LogP contribution in [0.2, 0.25) is 0 Å². The minimum absolute atomic E-state index is 0.0202. The molecule has 0 spiro atoms. The van der Waals surface area contributed by atoms with Gasteiger partial charge in [0.15, 0.2) is 0 Å². The number of aryl methyl sites for hydroxylation is 1. The van der Waals surface area contributed by atoms with Gasteiger partial charge in [-0.3, -0.25) is 4.79 Å². The summed E-state index contributed by atoms with van der Waals surface area (Å²) in [6, 6.07) is 4.16. The summed E-state index contributed by atoms with van der Waals surface area (Å²) in [6.45, 7) is 2.94. The van der Waals surface area contributed by atoms with Gasteiger partial charge < -0.3 is 9.47 Å². The Morgan fingerprint density at radius 3 is 2.46 bits per heavy atom. The van der Waals surface area contributed by atoms with E-state index in [-0.39, 0.29) is 5.92 Å². The SMILES string of the molecule is Cc1cn(-c2cc(C3CCN(C=O)CC3)cc(C(F)(F)F)c2)cn1. The second kappa shape index (κ2) is 6.30. The van der Waals surface area contributed by atoms with Crippen LogP contribution < -0.4 is 0 Å². The highest BCUT2D eigenvalue weighted by atomic mass is 19.4. The van der Waals surface area contributed by atoms with Gasteiger partial charge in [0.2, 0.25) is 6.41 Å². The average Bonchev–Trinajstić information content (AvgIpc) is 3.00. The van der Waals surface area contributed by atoms with Gasteiger partial charge in [0.1, 0.15) is 0 Å². The largest absolute Gasteiger partial charge is 0.416 e. The predicted octanol–water partition coefficient (Wildman–Crippen LogP) is 3.54. The van der Waals surface area contributed by atoms with Crippen LogP contribution in [0.4, 0.5) is 13.2 Å². The lowest BCUT2D eigenvalue weighted by Crippen LogP contribution is -2.31. The Balaban J connectivity index is 1.98. The Hall–Kier alpha value is -2.31. The van der Waals surface area contributed by atoms with E-state index in [1.54, 1.807) is 28.7 Å². The first-order chi connectivity index (χ1) is 11.4. The molecule has 1 aliphatic heterocycles. The Labute approximate surface area is 137 Å². The van der Waals surface area contributed by atoms with Crippen LogP contribution in [0.25, 0.3) is 5.69 Å². The van der Waals surface area contributed by atoms with E-state index in [2.05, 4.69) is 4.98 Å². The van der Waals surface area contributed by atoms with Gasteiger partial charge in [-0.2, -0.15) is 13.2 Å². The molecule has 2 aromatic rings. The van der Waals surface area contributed by atoms with Crippen molar-refractivity contribution in [3.8, 4) is 5.69 Å². The zero-order chi connectivity index (χ0) is 17.3. The zero-order valence-corrected chi connectivity index (χ0v) is 13.3. The molecule has 0 bridgehead atoms. The number of imidazole rings is 1. The van der Waals surface area contributed by atoms with Crippen molar-refractivity contribution in [3.63, 3.8) is 0 Å². The molecule has 1 saturated heterocycles. The van der Waals surface area contributed by atoms with E-state index in [1.807, 2.05) is 0 Å². The number of aromatic nitrogens is 2. The van der Waals surface area contributed by atoms with Crippen LogP contribution >= 0.6 is 0 Å². The Morgan fingerprint density at radius 2 is 1.92 bits per heavy atom. The van der Waals surface area contributed by atoms with Crippen LogP contribution in [0.1, 0.15) is 35.6 Å². The number of amides is 1. The smallest absolute Gasteiger partial charge is 0.345 e. The number of halogens is 3. The molecular formula is C17H18F3N3O. The van der Waals surface area contributed by atoms with Crippen LogP contribution in [-0.4, -0.2) is 34.0 Å². The van der Waals surface area contributed by atoms with E-state index in [9.17, 15) is 18.0 Å². The number of nitrogens with zero attached hydrogens (tertiary/aromatic N) is 3. The van der Waals surface area contributed by atoms with Crippen molar-refractivity contribution in [3.05, 3.63) is 47.5 Å². The molecule has 3 rings (SSSR count). The van der Waals surface area contributed by atoms with E-state index in [1.165, 1.54) is 12.4 Å². The highest BCUT2D eigenvalue weighted by molar-refractivity contribution is 5.48. The first kappa shape index (κ1) is 16.5. The summed E-state index contributed by atoms with van der Waals surface area (Å²) in [6.07, 6.45) is 0.953. The van der Waals surface area contributed by atoms with Crippen LogP contribution in [-0.2, 0) is 11.0 Å². The van der Waals surface area contributed by atoms with Crippen molar-refractivity contribution < 1.29 is 18.0 Å². The summed E-state index contributed by atoms with van der Waals surface area (Å²) in [5.74, 6) is 0.0202. The lowest BCUT2D eigenvalue weighted by Gasteiger charge is -2.30. The van der Waals surface area contributed by atoms with E-state index >= 15 is 0 Å². The highest BCUT2D eigenvalue weighted by Gasteiger charge is 2.32. The number of benzene rings is 1. The fraction of sp³-hybridized carbons (Fsp3) is 0.412. The summed E-state index contributed by atoms with van der Waals surface area (Å²) in [5.41, 5.74) is 1.21. The molecular weight excluding hydrogens is 319 g/mol. The third kappa shape index (κ3) is 3.44. The number of piperidine rings is 1. The van der Waals surface area contributed by atoms with Crippen molar-refractivity contribution in [2.45, 2.75) is 31.9 Å². The second-order valence-electron chi connectivity index (χ2n) is 6.15. The van der Waals surface area contributed by atoms with Gasteiger partial charge in [-0.15, -0.1) is 0 Å². The van der Waals surface area contributed by atoms with Gasteiger partial charge in [0.05, 0.1) is 17.6 Å². The summed E-state index contributed by atoms with van der Waals surface area (Å²) in [4.78, 5) is 16.5. The second-order valence-corrected chi connectivity index (χ2v) is 6.15. The third-order valence-corrected chi connectivity index (χ3v) is 4.43. The molecule has 1 fully saturated rings. The van der Waals surface area contributed by atoms with Crippen molar-refractivity contribution >= 4 is 6.41 Å². The fourth-order valence-electron chi connectivity index (χ4n) is 3.08. The number of hydrogen-bond acceptors (Lipinski definition) is 2. The first-order valence-electron chi connectivity index (χ1n) is 7.79. The zero-order valence-electron chi connectivity index (χ0n) is 13.3. The molecule has 0 aliphatic carbocycles. The van der Waals surface area contributed by atoms with E-state index in [0.29, 0.717) is 37.2 Å². The van der Waals surface area contributed by atoms with Crippen LogP contribution in [0.5, 0.6) is 0 Å². The van der Waals surface area contributed by atoms with Crippen LogP contribution in [0.15, 0.2) is 30.7 Å². The number of hydrogen-bond donors (Lipinski definition) is 0. The van der Waals surface area contributed by atoms with E-state index in [4.69, 9.17) is 0 Å². The monoisotopic (exact) mass is 337 g/mol. The Kier molecular flexibility index (Phi) is 4.34. The maximum absolute atomic E-state index is 13.3. The van der Waals surface area contributed by atoms with Gasteiger partial charge in [-0.25, -0.2) is 4.98 Å². The molecule has 1 aliphatic rings. The summed E-state index contributed by atoms with van der Waals surface area (Å²) in [7, 11) is 0. The molecule has 4 nitrogen and oxygen atoms in total. The van der Waals surface area contributed by atoms with E-state index < -0.39 is 11.7 Å². The molecule has 1 aromatic heterocycles. The van der Waals surface area contributed by atoms with Gasteiger partial charge in [-0.1, -0.05) is 0 Å². The topological polar surface area (TPSA) is 38.1 Å². The highest BCUT2D eigenvalue weighted by Crippen LogP contribution is 2.36. The fourth-order valence-corrected chi connectivity index (χ4v) is 3.08. The average molecular weight is 337 g/mol. The molecule has 1 amide bonds.